The van der Waals surface area contributed by atoms with Crippen LogP contribution in [0.25, 0.3) is 0 Å². The first-order valence-corrected chi connectivity index (χ1v) is 6.52. The lowest BCUT2D eigenvalue weighted by molar-refractivity contribution is -0.120. The highest BCUT2D eigenvalue weighted by atomic mass is 35.5. The fraction of sp³-hybridized carbons (Fsp3) is 0.214. The van der Waals surface area contributed by atoms with Crippen molar-refractivity contribution < 1.29 is 18.3 Å². The van der Waals surface area contributed by atoms with Crippen LogP contribution in [0.4, 0.5) is 8.78 Å². The maximum atomic E-state index is 12.6. The number of nitrogens with zero attached hydrogens (tertiary/aromatic N) is 3. The Kier molecular flexibility index (Phi) is 4.73. The van der Waals surface area contributed by atoms with Gasteiger partial charge in [0.2, 0.25) is 0 Å². The Labute approximate surface area is 129 Å². The van der Waals surface area contributed by atoms with Crippen molar-refractivity contribution in [3.8, 4) is 11.8 Å². The highest BCUT2D eigenvalue weighted by Crippen LogP contribution is 2.28. The Balaban J connectivity index is 2.19. The summed E-state index contributed by atoms with van der Waals surface area (Å²) in [7, 11) is 0. The van der Waals surface area contributed by atoms with E-state index in [0.29, 0.717) is 0 Å². The summed E-state index contributed by atoms with van der Waals surface area (Å²) in [6.07, 6.45) is 3.09. The lowest BCUT2D eigenvalue weighted by Gasteiger charge is -2.13. The second-order valence-corrected chi connectivity index (χ2v) is 4.79. The van der Waals surface area contributed by atoms with E-state index < -0.39 is 17.3 Å². The van der Waals surface area contributed by atoms with Crippen LogP contribution < -0.4 is 4.74 Å². The van der Waals surface area contributed by atoms with Crippen molar-refractivity contribution in [2.75, 3.05) is 0 Å². The smallest absolute Gasteiger partial charge is 0.420 e. The maximum Gasteiger partial charge on any atom is 0.487 e. The third-order valence-corrected chi connectivity index (χ3v) is 2.83. The fourth-order valence-corrected chi connectivity index (χ4v) is 1.96. The van der Waals surface area contributed by atoms with Gasteiger partial charge in [0.1, 0.15) is 18.2 Å². The Bertz CT molecular complexity index is 693. The Morgan fingerprint density at radius 2 is 2.27 bits per heavy atom. The van der Waals surface area contributed by atoms with Gasteiger partial charge in [0.05, 0.1) is 6.07 Å². The average Bonchev–Trinajstić information content (AvgIpc) is 2.91. The zero-order valence-electron chi connectivity index (χ0n) is 11.1. The van der Waals surface area contributed by atoms with Crippen LogP contribution in [-0.2, 0) is 11.3 Å². The van der Waals surface area contributed by atoms with Gasteiger partial charge in [-0.2, -0.15) is 10.4 Å². The van der Waals surface area contributed by atoms with Crippen LogP contribution >= 0.6 is 11.6 Å². The predicted octanol–water partition coefficient (Wildman–Crippen LogP) is 2.93. The molecule has 114 valence electrons. The first kappa shape index (κ1) is 15.9. The molecule has 0 saturated carbocycles. The molecule has 0 aliphatic heterocycles. The molecule has 22 heavy (non-hydrogen) atoms. The summed E-state index contributed by atoms with van der Waals surface area (Å²) in [5.74, 6) is -1.76. The molecule has 1 heterocycles. The number of rotatable bonds is 6. The molecular weight excluding hydrogens is 316 g/mol. The molecule has 8 heteroatoms. The largest absolute Gasteiger partial charge is 0.487 e. The van der Waals surface area contributed by atoms with Gasteiger partial charge < -0.3 is 4.74 Å². The van der Waals surface area contributed by atoms with E-state index in [4.69, 9.17) is 11.6 Å². The number of hydrogen-bond donors (Lipinski definition) is 0. The summed E-state index contributed by atoms with van der Waals surface area (Å²) in [6, 6.07) is 8.82. The van der Waals surface area contributed by atoms with E-state index in [9.17, 15) is 18.8 Å². The number of carbonyl (C=O) groups is 1. The second kappa shape index (κ2) is 6.54. The zero-order valence-corrected chi connectivity index (χ0v) is 11.9. The van der Waals surface area contributed by atoms with Crippen LogP contribution in [-0.4, -0.2) is 21.1 Å². The van der Waals surface area contributed by atoms with Crippen molar-refractivity contribution in [1.29, 1.82) is 5.26 Å². The summed E-state index contributed by atoms with van der Waals surface area (Å²) in [5.41, 5.74) is -3.61. The van der Waals surface area contributed by atoms with Gasteiger partial charge in [-0.25, -0.2) is 0 Å². The number of nitriles is 1. The topological polar surface area (TPSA) is 67.9 Å². The van der Waals surface area contributed by atoms with Crippen molar-refractivity contribution in [3.63, 3.8) is 0 Å². The van der Waals surface area contributed by atoms with Gasteiger partial charge in [-0.05, 0) is 23.8 Å². The van der Waals surface area contributed by atoms with Gasteiger partial charge in [-0.15, -0.1) is 8.78 Å². The number of ketones is 1. The molecule has 0 fully saturated rings. The molecule has 5 nitrogen and oxygen atoms in total. The van der Waals surface area contributed by atoms with Gasteiger partial charge in [0, 0.05) is 24.0 Å². The van der Waals surface area contributed by atoms with Gasteiger partial charge in [0.15, 0.2) is 5.78 Å². The predicted molar refractivity (Wildman–Crippen MR) is 73.5 cm³/mol. The molecule has 1 aromatic carbocycles. The van der Waals surface area contributed by atoms with Gasteiger partial charge in [0.25, 0.3) is 0 Å². The molecule has 0 radical (unpaired) electrons. The number of alkyl halides is 3. The SMILES string of the molecule is N#CC(C(=O)Cn1cccn1)c1cccc(OC(F)(F)Cl)c1. The number of hydrogen-bond acceptors (Lipinski definition) is 4. The van der Waals surface area contributed by atoms with E-state index in [1.165, 1.54) is 35.1 Å². The molecule has 1 atom stereocenters. The molecular formula is C14H10ClF2N3O2. The first-order valence-electron chi connectivity index (χ1n) is 6.14. The van der Waals surface area contributed by atoms with E-state index >= 15 is 0 Å². The molecule has 0 spiro atoms. The van der Waals surface area contributed by atoms with Crippen LogP contribution in [0.5, 0.6) is 5.75 Å². The van der Waals surface area contributed by atoms with E-state index in [-0.39, 0.29) is 17.9 Å². The number of aromatic nitrogens is 2. The van der Waals surface area contributed by atoms with Crippen molar-refractivity contribution in [1.82, 2.24) is 9.78 Å². The van der Waals surface area contributed by atoms with Crippen LogP contribution in [0.2, 0.25) is 0 Å². The van der Waals surface area contributed by atoms with Crippen molar-refractivity contribution in [2.24, 2.45) is 0 Å². The summed E-state index contributed by atoms with van der Waals surface area (Å²) in [5, 5.41) is 13.1. The summed E-state index contributed by atoms with van der Waals surface area (Å²) < 4.78 is 30.9. The third kappa shape index (κ3) is 4.27. The molecule has 1 unspecified atom stereocenters. The number of ether oxygens (including phenoxy) is 1. The van der Waals surface area contributed by atoms with E-state index in [1.54, 1.807) is 12.3 Å². The molecule has 0 aliphatic rings. The lowest BCUT2D eigenvalue weighted by atomic mass is 9.96. The summed E-state index contributed by atoms with van der Waals surface area (Å²) in [6.45, 7) is -0.0953. The van der Waals surface area contributed by atoms with Crippen molar-refractivity contribution >= 4 is 17.4 Å². The molecule has 2 aromatic rings. The minimum atomic E-state index is -3.86. The van der Waals surface area contributed by atoms with Crippen LogP contribution in [0, 0.1) is 11.3 Å². The van der Waals surface area contributed by atoms with Crippen LogP contribution in [0.3, 0.4) is 0 Å². The van der Waals surface area contributed by atoms with E-state index in [1.807, 2.05) is 6.07 Å². The molecule has 0 N–H and O–H groups in total. The van der Waals surface area contributed by atoms with Crippen LogP contribution in [0.15, 0.2) is 42.7 Å². The molecule has 0 saturated heterocycles. The average molecular weight is 326 g/mol. The second-order valence-electron chi connectivity index (χ2n) is 4.35. The number of benzene rings is 1. The number of carbonyl (C=O) groups excluding carboxylic acids is 1. The maximum absolute atomic E-state index is 12.6. The molecule has 2 rings (SSSR count). The standard InChI is InChI=1S/C14H10ClF2N3O2/c15-14(16,17)22-11-4-1-3-10(7-11)12(8-18)13(21)9-20-6-2-5-19-20/h1-7,12H,9H2. The normalized spacial score (nSPS) is 12.5. The van der Waals surface area contributed by atoms with Gasteiger partial charge in [-0.1, -0.05) is 12.1 Å². The monoisotopic (exact) mass is 325 g/mol. The minimum Gasteiger partial charge on any atom is -0.420 e. The number of halogens is 3. The van der Waals surface area contributed by atoms with E-state index in [2.05, 4.69) is 9.84 Å². The van der Waals surface area contributed by atoms with Crippen molar-refractivity contribution in [3.05, 3.63) is 48.3 Å². The Hall–Kier alpha value is -2.46. The molecule has 0 bridgehead atoms. The third-order valence-electron chi connectivity index (χ3n) is 2.75. The Morgan fingerprint density at radius 1 is 1.50 bits per heavy atom. The Morgan fingerprint density at radius 3 is 2.86 bits per heavy atom. The zero-order chi connectivity index (χ0) is 16.2. The molecule has 0 aliphatic carbocycles. The molecule has 1 aromatic heterocycles. The van der Waals surface area contributed by atoms with E-state index in [0.717, 1.165) is 0 Å². The minimum absolute atomic E-state index is 0.0953. The first-order chi connectivity index (χ1) is 10.4. The highest BCUT2D eigenvalue weighted by molar-refractivity contribution is 6.20. The summed E-state index contributed by atoms with van der Waals surface area (Å²) in [4.78, 5) is 12.1. The highest BCUT2D eigenvalue weighted by Gasteiger charge is 2.28. The lowest BCUT2D eigenvalue weighted by Crippen LogP contribution is -2.19. The summed E-state index contributed by atoms with van der Waals surface area (Å²) >= 11 is 4.69. The molecule has 0 amide bonds. The fourth-order valence-electron chi connectivity index (χ4n) is 1.87. The van der Waals surface area contributed by atoms with Crippen molar-refractivity contribution in [2.45, 2.75) is 18.0 Å². The quantitative estimate of drug-likeness (QED) is 0.766. The number of Topliss-reactive ketones (excluding diaryl/α,β-unsaturated/α-hetero) is 1. The van der Waals surface area contributed by atoms with Gasteiger partial charge >= 0.3 is 5.57 Å². The van der Waals surface area contributed by atoms with Crippen LogP contribution in [0.1, 0.15) is 11.5 Å². The van der Waals surface area contributed by atoms with Gasteiger partial charge in [-0.3, -0.25) is 9.48 Å².